The van der Waals surface area contributed by atoms with E-state index in [0.29, 0.717) is 0 Å². The van der Waals surface area contributed by atoms with E-state index in [9.17, 15) is 0 Å². The van der Waals surface area contributed by atoms with Crippen LogP contribution < -0.4 is 5.32 Å². The second-order valence-electron chi connectivity index (χ2n) is 10.0. The largest absolute Gasteiger partial charge is 0.355 e. The maximum Gasteiger partial charge on any atom is 0.0541 e. The second-order valence-corrected chi connectivity index (χ2v) is 10.0. The maximum atomic E-state index is 4.40. The first-order valence-corrected chi connectivity index (χ1v) is 13.9. The first-order valence-electron chi connectivity index (χ1n) is 13.9. The fourth-order valence-electron chi connectivity index (χ4n) is 5.37. The van der Waals surface area contributed by atoms with E-state index in [1.807, 2.05) is 25.1 Å². The lowest BCUT2D eigenvalue weighted by molar-refractivity contribution is 1.24. The van der Waals surface area contributed by atoms with Crippen LogP contribution in [0.15, 0.2) is 164 Å². The number of allylic oxidation sites excluding steroid dienone is 6. The van der Waals surface area contributed by atoms with Gasteiger partial charge in [-0.05, 0) is 71.7 Å². The Bertz CT molecular complexity index is 1930. The number of benzene rings is 5. The molecular formula is C39H32N2. The standard InChI is InChI=1S/C39H32N2/c1-4-29(5-2)20-19-28(3)41-38-18-12-10-16-35(38)36-27-32(23-26-39(36)41)30-21-24-33(25-22-30)40-37-17-11-9-15-34(37)31-13-7-6-8-14-31/h4-27,40H,1,3H2,2H3/b20-19-,29-5-. The van der Waals surface area contributed by atoms with Crippen molar-refractivity contribution < 1.29 is 0 Å². The molecule has 1 N–H and O–H groups in total. The first-order chi connectivity index (χ1) is 20.2. The van der Waals surface area contributed by atoms with Gasteiger partial charge in [0.1, 0.15) is 0 Å². The number of hydrogen-bond donors (Lipinski definition) is 1. The number of nitrogens with one attached hydrogen (secondary N) is 1. The highest BCUT2D eigenvalue weighted by Crippen LogP contribution is 2.36. The summed E-state index contributed by atoms with van der Waals surface area (Å²) in [5.41, 5.74) is 11.1. The molecule has 198 valence electrons. The predicted molar refractivity (Wildman–Crippen MR) is 178 cm³/mol. The third-order valence-corrected chi connectivity index (χ3v) is 7.51. The Morgan fingerprint density at radius 2 is 1.34 bits per heavy atom. The van der Waals surface area contributed by atoms with Crippen LogP contribution in [0.2, 0.25) is 0 Å². The molecule has 2 heteroatoms. The van der Waals surface area contributed by atoms with Crippen molar-refractivity contribution in [1.82, 2.24) is 4.57 Å². The van der Waals surface area contributed by atoms with Crippen molar-refractivity contribution in [2.24, 2.45) is 0 Å². The van der Waals surface area contributed by atoms with Crippen molar-refractivity contribution in [2.75, 3.05) is 5.32 Å². The summed E-state index contributed by atoms with van der Waals surface area (Å²) in [6.45, 7) is 10.3. The normalized spacial score (nSPS) is 11.8. The van der Waals surface area contributed by atoms with Crippen LogP contribution in [0.1, 0.15) is 6.92 Å². The summed E-state index contributed by atoms with van der Waals surface area (Å²) in [7, 11) is 0. The van der Waals surface area contributed by atoms with Crippen LogP contribution in [-0.2, 0) is 0 Å². The maximum absolute atomic E-state index is 4.40. The topological polar surface area (TPSA) is 17.0 Å². The van der Waals surface area contributed by atoms with E-state index in [2.05, 4.69) is 150 Å². The van der Waals surface area contributed by atoms with Gasteiger partial charge in [-0.15, -0.1) is 0 Å². The van der Waals surface area contributed by atoms with Crippen LogP contribution in [0.4, 0.5) is 11.4 Å². The van der Waals surface area contributed by atoms with Crippen LogP contribution in [-0.4, -0.2) is 4.57 Å². The lowest BCUT2D eigenvalue weighted by Gasteiger charge is -2.13. The third-order valence-electron chi connectivity index (χ3n) is 7.51. The van der Waals surface area contributed by atoms with E-state index >= 15 is 0 Å². The molecule has 0 aliphatic rings. The average Bonchev–Trinajstić information content (AvgIpc) is 3.36. The zero-order valence-electron chi connectivity index (χ0n) is 23.2. The minimum atomic E-state index is 0.913. The Morgan fingerprint density at radius 3 is 2.12 bits per heavy atom. The summed E-state index contributed by atoms with van der Waals surface area (Å²) < 4.78 is 2.23. The second kappa shape index (κ2) is 11.4. The van der Waals surface area contributed by atoms with E-state index in [4.69, 9.17) is 0 Å². The number of fused-ring (bicyclic) bond motifs is 3. The third kappa shape index (κ3) is 5.16. The van der Waals surface area contributed by atoms with Gasteiger partial charge in [-0.1, -0.05) is 116 Å². The van der Waals surface area contributed by atoms with Crippen molar-refractivity contribution in [3.05, 3.63) is 164 Å². The summed E-state index contributed by atoms with van der Waals surface area (Å²) >= 11 is 0. The number of aromatic nitrogens is 1. The molecule has 1 aromatic heterocycles. The minimum absolute atomic E-state index is 0.913. The van der Waals surface area contributed by atoms with Crippen LogP contribution in [0.5, 0.6) is 0 Å². The molecule has 0 saturated heterocycles. The predicted octanol–water partition coefficient (Wildman–Crippen LogP) is 11.0. The summed E-state index contributed by atoms with van der Waals surface area (Å²) in [4.78, 5) is 0. The number of hydrogen-bond acceptors (Lipinski definition) is 1. The Hall–Kier alpha value is -5.34. The zero-order valence-corrected chi connectivity index (χ0v) is 23.2. The molecule has 0 bridgehead atoms. The van der Waals surface area contributed by atoms with E-state index in [1.54, 1.807) is 0 Å². The molecular weight excluding hydrogens is 496 g/mol. The monoisotopic (exact) mass is 528 g/mol. The molecule has 0 amide bonds. The lowest BCUT2D eigenvalue weighted by Crippen LogP contribution is -1.93. The highest BCUT2D eigenvalue weighted by Gasteiger charge is 2.13. The Balaban J connectivity index is 1.33. The van der Waals surface area contributed by atoms with Gasteiger partial charge in [0.05, 0.1) is 11.0 Å². The highest BCUT2D eigenvalue weighted by atomic mass is 15.0. The number of para-hydroxylation sites is 2. The van der Waals surface area contributed by atoms with Gasteiger partial charge in [0, 0.05) is 33.4 Å². The van der Waals surface area contributed by atoms with Crippen molar-refractivity contribution >= 4 is 38.9 Å². The molecule has 6 rings (SSSR count). The van der Waals surface area contributed by atoms with Gasteiger partial charge in [-0.25, -0.2) is 0 Å². The quantitative estimate of drug-likeness (QED) is 0.194. The Labute approximate surface area is 241 Å². The lowest BCUT2D eigenvalue weighted by atomic mass is 10.0. The molecule has 0 unspecified atom stereocenters. The van der Waals surface area contributed by atoms with Gasteiger partial charge in [-0.3, -0.25) is 0 Å². The van der Waals surface area contributed by atoms with E-state index in [-0.39, 0.29) is 0 Å². The van der Waals surface area contributed by atoms with Crippen molar-refractivity contribution in [1.29, 1.82) is 0 Å². The van der Waals surface area contributed by atoms with Gasteiger partial charge in [0.15, 0.2) is 0 Å². The van der Waals surface area contributed by atoms with Crippen molar-refractivity contribution in [3.63, 3.8) is 0 Å². The molecule has 0 fully saturated rings. The molecule has 0 radical (unpaired) electrons. The van der Waals surface area contributed by atoms with Gasteiger partial charge >= 0.3 is 0 Å². The first kappa shape index (κ1) is 25.9. The molecule has 0 aliphatic heterocycles. The molecule has 0 saturated carbocycles. The fourth-order valence-corrected chi connectivity index (χ4v) is 5.37. The zero-order chi connectivity index (χ0) is 28.2. The van der Waals surface area contributed by atoms with Crippen LogP contribution in [0.25, 0.3) is 49.8 Å². The van der Waals surface area contributed by atoms with Crippen LogP contribution >= 0.6 is 0 Å². The molecule has 0 spiro atoms. The Kier molecular flexibility index (Phi) is 7.21. The summed E-state index contributed by atoms with van der Waals surface area (Å²) in [6.07, 6.45) is 8.00. The summed E-state index contributed by atoms with van der Waals surface area (Å²) in [6, 6.07) is 42.8. The smallest absolute Gasteiger partial charge is 0.0541 e. The number of nitrogens with zero attached hydrogens (tertiary/aromatic N) is 1. The fraction of sp³-hybridized carbons (Fsp3) is 0.0256. The van der Waals surface area contributed by atoms with E-state index in [1.165, 1.54) is 33.0 Å². The van der Waals surface area contributed by atoms with Crippen LogP contribution in [0.3, 0.4) is 0 Å². The number of anilines is 2. The van der Waals surface area contributed by atoms with Gasteiger partial charge in [-0.2, -0.15) is 0 Å². The average molecular weight is 529 g/mol. The molecule has 0 aliphatic carbocycles. The van der Waals surface area contributed by atoms with Gasteiger partial charge < -0.3 is 9.88 Å². The highest BCUT2D eigenvalue weighted by molar-refractivity contribution is 6.11. The van der Waals surface area contributed by atoms with Crippen molar-refractivity contribution in [2.45, 2.75) is 6.92 Å². The molecule has 6 aromatic rings. The molecule has 2 nitrogen and oxygen atoms in total. The summed E-state index contributed by atoms with van der Waals surface area (Å²) in [5.74, 6) is 0. The Morgan fingerprint density at radius 1 is 0.659 bits per heavy atom. The van der Waals surface area contributed by atoms with Gasteiger partial charge in [0.2, 0.25) is 0 Å². The number of rotatable bonds is 8. The van der Waals surface area contributed by atoms with Crippen LogP contribution in [0, 0.1) is 0 Å². The van der Waals surface area contributed by atoms with Crippen molar-refractivity contribution in [3.8, 4) is 22.3 Å². The molecule has 41 heavy (non-hydrogen) atoms. The molecule has 5 aromatic carbocycles. The molecule has 1 heterocycles. The van der Waals surface area contributed by atoms with E-state index in [0.717, 1.165) is 33.7 Å². The molecule has 0 atom stereocenters. The minimum Gasteiger partial charge on any atom is -0.355 e. The van der Waals surface area contributed by atoms with Gasteiger partial charge in [0.25, 0.3) is 0 Å². The SMILES string of the molecule is C=CC(/C=C\C(=C)n1c2ccccc2c2cc(-c3ccc(Nc4ccccc4-c4ccccc4)cc3)ccc21)=C/C. The summed E-state index contributed by atoms with van der Waals surface area (Å²) in [5, 5.41) is 6.04. The van der Waals surface area contributed by atoms with E-state index < -0.39 is 0 Å².